The fourth-order valence-electron chi connectivity index (χ4n) is 2.90. The lowest BCUT2D eigenvalue weighted by molar-refractivity contribution is 0.0527. The summed E-state index contributed by atoms with van der Waals surface area (Å²) in [5, 5.41) is 2.74. The van der Waals surface area contributed by atoms with Crippen molar-refractivity contribution < 1.29 is 23.5 Å². The first-order valence-corrected chi connectivity index (χ1v) is 9.46. The molecule has 2 aromatic rings. The van der Waals surface area contributed by atoms with E-state index in [1.54, 1.807) is 34.6 Å². The molecule has 158 valence electrons. The normalized spacial score (nSPS) is 11.3. The molecule has 0 unspecified atom stereocenters. The molecule has 29 heavy (non-hydrogen) atoms. The number of Topliss-reactive ketones (excluding diaryl/α,β-unsaturated/α-hetero) is 1. The number of fused-ring (bicyclic) bond motifs is 1. The first-order chi connectivity index (χ1) is 13.6. The average molecular weight is 405 g/mol. The van der Waals surface area contributed by atoms with E-state index < -0.39 is 17.3 Å². The zero-order valence-corrected chi connectivity index (χ0v) is 17.4. The van der Waals surface area contributed by atoms with Crippen molar-refractivity contribution in [3.05, 3.63) is 27.6 Å². The highest BCUT2D eigenvalue weighted by Crippen LogP contribution is 2.27. The number of nitrogens with two attached hydrogens (primary N) is 1. The largest absolute Gasteiger partial charge is 0.450 e. The number of ketones is 1. The van der Waals surface area contributed by atoms with Crippen LogP contribution in [0.5, 0.6) is 6.08 Å². The van der Waals surface area contributed by atoms with E-state index in [4.69, 9.17) is 19.6 Å². The van der Waals surface area contributed by atoms with Crippen LogP contribution in [0.2, 0.25) is 0 Å². The highest BCUT2D eigenvalue weighted by molar-refractivity contribution is 6.07. The number of nitrogen functional groups attached to an aromatic ring is 1. The molecular weight excluding hydrogens is 378 g/mol. The van der Waals surface area contributed by atoms with Gasteiger partial charge in [0.1, 0.15) is 5.60 Å². The zero-order chi connectivity index (χ0) is 21.8. The molecular formula is C20H27N3O6. The van der Waals surface area contributed by atoms with E-state index in [2.05, 4.69) is 10.3 Å². The van der Waals surface area contributed by atoms with E-state index in [0.29, 0.717) is 24.1 Å². The van der Waals surface area contributed by atoms with Crippen molar-refractivity contribution in [1.29, 1.82) is 0 Å². The Bertz CT molecular complexity index is 975. The molecule has 2 rings (SSSR count). The smallest absolute Gasteiger partial charge is 0.407 e. The number of benzene rings is 1. The average Bonchev–Trinajstić information content (AvgIpc) is 2.58. The van der Waals surface area contributed by atoms with Crippen molar-refractivity contribution in [2.75, 3.05) is 18.9 Å². The summed E-state index contributed by atoms with van der Waals surface area (Å²) >= 11 is 0. The van der Waals surface area contributed by atoms with Crippen molar-refractivity contribution in [3.8, 4) is 6.08 Å². The summed E-state index contributed by atoms with van der Waals surface area (Å²) in [6.07, 6.45) is -0.381. The monoisotopic (exact) mass is 405 g/mol. The molecule has 0 spiro atoms. The van der Waals surface area contributed by atoms with E-state index in [1.165, 1.54) is 6.07 Å². The Kier molecular flexibility index (Phi) is 6.84. The fraction of sp³-hybridized carbons (Fsp3) is 0.500. The molecule has 0 bridgehead atoms. The third-order valence-electron chi connectivity index (χ3n) is 3.96. The minimum absolute atomic E-state index is 0.00224. The van der Waals surface area contributed by atoms with Crippen LogP contribution >= 0.6 is 0 Å². The second kappa shape index (κ2) is 8.93. The second-order valence-corrected chi connectivity index (χ2v) is 7.37. The summed E-state index contributed by atoms with van der Waals surface area (Å²) in [6, 6.07) is 1.46. The summed E-state index contributed by atoms with van der Waals surface area (Å²) < 4.78 is 15.4. The third-order valence-corrected chi connectivity index (χ3v) is 3.96. The van der Waals surface area contributed by atoms with Crippen LogP contribution in [0.3, 0.4) is 0 Å². The Hall–Kier alpha value is -3.10. The van der Waals surface area contributed by atoms with E-state index in [0.717, 1.165) is 0 Å². The summed E-state index contributed by atoms with van der Waals surface area (Å²) in [5.41, 5.74) is 6.05. The first kappa shape index (κ1) is 22.2. The summed E-state index contributed by atoms with van der Waals surface area (Å²) in [4.78, 5) is 41.1. The molecule has 9 heteroatoms. The number of anilines is 1. The Morgan fingerprint density at radius 1 is 1.28 bits per heavy atom. The van der Waals surface area contributed by atoms with Gasteiger partial charge in [0.05, 0.1) is 17.5 Å². The number of nitrogens with zero attached hydrogens (tertiary/aromatic N) is 1. The Morgan fingerprint density at radius 2 is 1.97 bits per heavy atom. The van der Waals surface area contributed by atoms with Gasteiger partial charge in [0.25, 0.3) is 0 Å². The number of hydrogen-bond acceptors (Lipinski definition) is 8. The predicted molar refractivity (Wildman–Crippen MR) is 108 cm³/mol. The van der Waals surface area contributed by atoms with Gasteiger partial charge < -0.3 is 24.9 Å². The number of carbonyl (C=O) groups is 2. The van der Waals surface area contributed by atoms with Gasteiger partial charge in [-0.05, 0) is 45.7 Å². The van der Waals surface area contributed by atoms with E-state index in [1.807, 2.05) is 0 Å². The number of hydrogen-bond donors (Lipinski definition) is 2. The fourth-order valence-corrected chi connectivity index (χ4v) is 2.90. The maximum Gasteiger partial charge on any atom is 0.407 e. The van der Waals surface area contributed by atoms with Crippen LogP contribution < -0.4 is 21.4 Å². The number of nitrogens with one attached hydrogen (secondary N) is 1. The first-order valence-electron chi connectivity index (χ1n) is 9.46. The van der Waals surface area contributed by atoms with Crippen molar-refractivity contribution in [3.63, 3.8) is 0 Å². The van der Waals surface area contributed by atoms with Gasteiger partial charge >= 0.3 is 17.8 Å². The molecule has 0 atom stereocenters. The molecule has 1 amide bonds. The van der Waals surface area contributed by atoms with Gasteiger partial charge in [-0.1, -0.05) is 6.92 Å². The van der Waals surface area contributed by atoms with Gasteiger partial charge in [-0.3, -0.25) is 4.79 Å². The molecule has 9 nitrogen and oxygen atoms in total. The van der Waals surface area contributed by atoms with Crippen molar-refractivity contribution in [2.24, 2.45) is 0 Å². The van der Waals surface area contributed by atoms with Crippen LogP contribution in [-0.4, -0.2) is 35.6 Å². The maximum atomic E-state index is 12.8. The van der Waals surface area contributed by atoms with E-state index >= 15 is 0 Å². The van der Waals surface area contributed by atoms with Gasteiger partial charge in [-0.25, -0.2) is 9.59 Å². The van der Waals surface area contributed by atoms with Crippen LogP contribution in [0.4, 0.5) is 10.5 Å². The Labute approximate surface area is 168 Å². The van der Waals surface area contributed by atoms with Crippen LogP contribution in [0.1, 0.15) is 57.0 Å². The lowest BCUT2D eigenvalue weighted by Crippen LogP contribution is -2.33. The number of rotatable bonds is 7. The quantitative estimate of drug-likeness (QED) is 0.530. The zero-order valence-electron chi connectivity index (χ0n) is 17.4. The van der Waals surface area contributed by atoms with Gasteiger partial charge in [-0.2, -0.15) is 4.98 Å². The number of amides is 1. The standard InChI is InChI=1S/C20H27N3O6/c1-6-11-15(14(24)8-9-22-18(26)29-20(3,4)5)12(21)10-13-16(11)17(25)28-19(23-13)27-7-2/h10H,6-9,21H2,1-5H3,(H,22,26). The molecule has 1 aromatic carbocycles. The third kappa shape index (κ3) is 5.46. The Balaban J connectivity index is 2.30. The summed E-state index contributed by atoms with van der Waals surface area (Å²) in [7, 11) is 0. The Morgan fingerprint density at radius 3 is 2.55 bits per heavy atom. The maximum absolute atomic E-state index is 12.8. The molecule has 0 saturated heterocycles. The topological polar surface area (TPSA) is 134 Å². The highest BCUT2D eigenvalue weighted by atomic mass is 16.6. The molecule has 0 aliphatic heterocycles. The minimum Gasteiger partial charge on any atom is -0.450 e. The van der Waals surface area contributed by atoms with Crippen LogP contribution in [-0.2, 0) is 11.2 Å². The number of carbonyl (C=O) groups excluding carboxylic acids is 2. The van der Waals surface area contributed by atoms with Crippen molar-refractivity contribution in [2.45, 2.75) is 53.1 Å². The number of ether oxygens (including phenoxy) is 2. The number of alkyl carbamates (subject to hydrolysis) is 1. The molecule has 0 saturated carbocycles. The second-order valence-electron chi connectivity index (χ2n) is 7.37. The predicted octanol–water partition coefficient (Wildman–Crippen LogP) is 2.83. The molecule has 3 N–H and O–H groups in total. The van der Waals surface area contributed by atoms with Gasteiger partial charge in [0, 0.05) is 24.2 Å². The molecule has 0 aliphatic rings. The number of aryl methyl sites for hydroxylation is 1. The summed E-state index contributed by atoms with van der Waals surface area (Å²) in [6.45, 7) is 9.15. The van der Waals surface area contributed by atoms with Gasteiger partial charge in [0.2, 0.25) is 0 Å². The molecule has 1 heterocycles. The van der Waals surface area contributed by atoms with E-state index in [-0.39, 0.29) is 41.5 Å². The number of aromatic nitrogens is 1. The molecule has 0 fully saturated rings. The SMILES string of the molecule is CCOc1nc2cc(N)c(C(=O)CCNC(=O)OC(C)(C)C)c(CC)c2c(=O)o1. The highest BCUT2D eigenvalue weighted by Gasteiger charge is 2.22. The van der Waals surface area contributed by atoms with Crippen LogP contribution in [0.15, 0.2) is 15.3 Å². The van der Waals surface area contributed by atoms with Gasteiger partial charge in [-0.15, -0.1) is 0 Å². The van der Waals surface area contributed by atoms with Crippen molar-refractivity contribution in [1.82, 2.24) is 10.3 Å². The van der Waals surface area contributed by atoms with Crippen LogP contribution in [0.25, 0.3) is 10.9 Å². The molecule has 1 aromatic heterocycles. The summed E-state index contributed by atoms with van der Waals surface area (Å²) in [5.74, 6) is -0.300. The molecule has 0 aliphatic carbocycles. The lowest BCUT2D eigenvalue weighted by Gasteiger charge is -2.19. The molecule has 0 radical (unpaired) electrons. The van der Waals surface area contributed by atoms with Crippen molar-refractivity contribution >= 4 is 28.5 Å². The lowest BCUT2D eigenvalue weighted by atomic mass is 9.94. The van der Waals surface area contributed by atoms with Crippen LogP contribution in [0, 0.1) is 0 Å². The van der Waals surface area contributed by atoms with E-state index in [9.17, 15) is 14.4 Å². The minimum atomic E-state index is -0.642. The van der Waals surface area contributed by atoms with Gasteiger partial charge in [0.15, 0.2) is 5.78 Å².